The largest absolute Gasteiger partial charge is 0.494 e. The van der Waals surface area contributed by atoms with Crippen LogP contribution in [0.5, 0.6) is 5.75 Å². The quantitative estimate of drug-likeness (QED) is 0.853. The van der Waals surface area contributed by atoms with Crippen LogP contribution in [0.2, 0.25) is 0 Å². The second-order valence-electron chi connectivity index (χ2n) is 5.12. The van der Waals surface area contributed by atoms with E-state index < -0.39 is 0 Å². The summed E-state index contributed by atoms with van der Waals surface area (Å²) < 4.78 is 18.6. The first kappa shape index (κ1) is 14.5. The molecular weight excluding hydrogens is 257 g/mol. The average molecular weight is 277 g/mol. The van der Waals surface area contributed by atoms with Gasteiger partial charge in [-0.15, -0.1) is 0 Å². The summed E-state index contributed by atoms with van der Waals surface area (Å²) in [6, 6.07) is 4.86. The zero-order chi connectivity index (χ0) is 14.5. The van der Waals surface area contributed by atoms with Gasteiger partial charge in [-0.3, -0.25) is 0 Å². The minimum Gasteiger partial charge on any atom is -0.494 e. The predicted octanol–water partition coefficient (Wildman–Crippen LogP) is 2.97. The zero-order valence-corrected chi connectivity index (χ0v) is 12.0. The number of imidazole rings is 1. The van der Waals surface area contributed by atoms with Crippen molar-refractivity contribution in [1.29, 1.82) is 0 Å². The summed E-state index contributed by atoms with van der Waals surface area (Å²) in [6.07, 6.45) is 1.72. The summed E-state index contributed by atoms with van der Waals surface area (Å²) in [4.78, 5) is 7.48. The van der Waals surface area contributed by atoms with Crippen LogP contribution in [0.25, 0.3) is 11.3 Å². The Kier molecular flexibility index (Phi) is 4.74. The summed E-state index contributed by atoms with van der Waals surface area (Å²) >= 11 is 0. The van der Waals surface area contributed by atoms with Gasteiger partial charge in [0.15, 0.2) is 11.6 Å². The van der Waals surface area contributed by atoms with Crippen LogP contribution in [0.1, 0.15) is 19.7 Å². The lowest BCUT2D eigenvalue weighted by atomic mass is 10.1. The van der Waals surface area contributed by atoms with Gasteiger partial charge < -0.3 is 15.0 Å². The van der Waals surface area contributed by atoms with Crippen LogP contribution in [-0.4, -0.2) is 23.6 Å². The molecule has 2 rings (SSSR count). The molecule has 1 aromatic heterocycles. The van der Waals surface area contributed by atoms with Crippen molar-refractivity contribution in [3.8, 4) is 17.0 Å². The Hall–Kier alpha value is -1.88. The number of hydrogen-bond acceptors (Lipinski definition) is 3. The third-order valence-electron chi connectivity index (χ3n) is 2.94. The van der Waals surface area contributed by atoms with E-state index in [1.165, 1.54) is 13.2 Å². The monoisotopic (exact) mass is 277 g/mol. The Morgan fingerprint density at radius 3 is 2.85 bits per heavy atom. The van der Waals surface area contributed by atoms with Crippen molar-refractivity contribution in [2.24, 2.45) is 5.92 Å². The van der Waals surface area contributed by atoms with E-state index in [2.05, 4.69) is 29.1 Å². The van der Waals surface area contributed by atoms with Crippen LogP contribution in [0.15, 0.2) is 24.4 Å². The molecule has 0 atom stereocenters. The molecule has 0 unspecified atom stereocenters. The molecule has 2 aromatic rings. The Balaban J connectivity index is 2.06. The first-order chi connectivity index (χ1) is 9.60. The predicted molar refractivity (Wildman–Crippen MR) is 77.1 cm³/mol. The van der Waals surface area contributed by atoms with E-state index in [-0.39, 0.29) is 11.6 Å². The molecular formula is C15H20FN3O. The molecule has 0 spiro atoms. The van der Waals surface area contributed by atoms with Crippen molar-refractivity contribution < 1.29 is 9.13 Å². The first-order valence-corrected chi connectivity index (χ1v) is 6.68. The number of H-pyrrole nitrogens is 1. The number of nitrogens with zero attached hydrogens (tertiary/aromatic N) is 1. The molecule has 0 aliphatic carbocycles. The molecule has 0 radical (unpaired) electrons. The number of rotatable bonds is 6. The highest BCUT2D eigenvalue weighted by atomic mass is 19.1. The Labute approximate surface area is 118 Å². The van der Waals surface area contributed by atoms with Gasteiger partial charge in [0.05, 0.1) is 25.5 Å². The van der Waals surface area contributed by atoms with E-state index in [1.54, 1.807) is 18.3 Å². The van der Waals surface area contributed by atoms with Gasteiger partial charge in [0.25, 0.3) is 0 Å². The summed E-state index contributed by atoms with van der Waals surface area (Å²) in [5, 5.41) is 3.31. The molecule has 2 N–H and O–H groups in total. The van der Waals surface area contributed by atoms with E-state index in [1.807, 2.05) is 0 Å². The van der Waals surface area contributed by atoms with E-state index >= 15 is 0 Å². The van der Waals surface area contributed by atoms with Crippen LogP contribution in [0.4, 0.5) is 4.39 Å². The summed E-state index contributed by atoms with van der Waals surface area (Å²) in [7, 11) is 1.45. The fraction of sp³-hybridized carbons (Fsp3) is 0.400. The highest BCUT2D eigenvalue weighted by molar-refractivity contribution is 5.59. The van der Waals surface area contributed by atoms with E-state index in [0.29, 0.717) is 12.5 Å². The van der Waals surface area contributed by atoms with Crippen LogP contribution in [0, 0.1) is 11.7 Å². The number of nitrogens with one attached hydrogen (secondary N) is 2. The SMILES string of the molecule is COc1ccc(-c2cnc(CNCC(C)C)[nH]2)cc1F. The second-order valence-corrected chi connectivity index (χ2v) is 5.12. The van der Waals surface area contributed by atoms with Gasteiger partial charge in [-0.2, -0.15) is 0 Å². The summed E-state index contributed by atoms with van der Waals surface area (Å²) in [6.45, 7) is 5.92. The molecule has 0 aliphatic rings. The molecule has 1 aromatic carbocycles. The van der Waals surface area contributed by atoms with Crippen molar-refractivity contribution >= 4 is 0 Å². The maximum atomic E-state index is 13.7. The van der Waals surface area contributed by atoms with E-state index in [9.17, 15) is 4.39 Å². The molecule has 0 fully saturated rings. The molecule has 108 valence electrons. The number of ether oxygens (including phenoxy) is 1. The number of aromatic nitrogens is 2. The van der Waals surface area contributed by atoms with Gasteiger partial charge in [-0.25, -0.2) is 9.37 Å². The molecule has 0 saturated carbocycles. The van der Waals surface area contributed by atoms with Crippen molar-refractivity contribution in [3.63, 3.8) is 0 Å². The number of benzene rings is 1. The van der Waals surface area contributed by atoms with Crippen LogP contribution in [0.3, 0.4) is 0 Å². The molecule has 20 heavy (non-hydrogen) atoms. The topological polar surface area (TPSA) is 49.9 Å². The Morgan fingerprint density at radius 2 is 2.20 bits per heavy atom. The van der Waals surface area contributed by atoms with Crippen LogP contribution < -0.4 is 10.1 Å². The molecule has 0 amide bonds. The lowest BCUT2D eigenvalue weighted by molar-refractivity contribution is 0.386. The lowest BCUT2D eigenvalue weighted by Crippen LogP contribution is -2.19. The van der Waals surface area contributed by atoms with Gasteiger partial charge in [-0.1, -0.05) is 13.8 Å². The number of halogens is 1. The summed E-state index contributed by atoms with van der Waals surface area (Å²) in [5.41, 5.74) is 1.55. The highest BCUT2D eigenvalue weighted by Gasteiger charge is 2.07. The number of hydrogen-bond donors (Lipinski definition) is 2. The Morgan fingerprint density at radius 1 is 1.40 bits per heavy atom. The highest BCUT2D eigenvalue weighted by Crippen LogP contribution is 2.24. The van der Waals surface area contributed by atoms with Crippen LogP contribution >= 0.6 is 0 Å². The zero-order valence-electron chi connectivity index (χ0n) is 12.0. The second kappa shape index (κ2) is 6.52. The third kappa shape index (κ3) is 3.57. The fourth-order valence-electron chi connectivity index (χ4n) is 1.91. The van der Waals surface area contributed by atoms with Crippen molar-refractivity contribution in [2.45, 2.75) is 20.4 Å². The average Bonchev–Trinajstić information content (AvgIpc) is 2.87. The maximum Gasteiger partial charge on any atom is 0.165 e. The van der Waals surface area contributed by atoms with Crippen molar-refractivity contribution in [2.75, 3.05) is 13.7 Å². The molecule has 0 aliphatic heterocycles. The Bertz CT molecular complexity index is 566. The normalized spacial score (nSPS) is 11.1. The van der Waals surface area contributed by atoms with Gasteiger partial charge in [0.1, 0.15) is 5.82 Å². The van der Waals surface area contributed by atoms with Gasteiger partial charge >= 0.3 is 0 Å². The smallest absolute Gasteiger partial charge is 0.165 e. The van der Waals surface area contributed by atoms with Crippen molar-refractivity contribution in [3.05, 3.63) is 36.0 Å². The minimum absolute atomic E-state index is 0.243. The third-order valence-corrected chi connectivity index (χ3v) is 2.94. The number of methoxy groups -OCH3 is 1. The molecule has 1 heterocycles. The molecule has 4 nitrogen and oxygen atoms in total. The first-order valence-electron chi connectivity index (χ1n) is 6.68. The minimum atomic E-state index is -0.376. The van der Waals surface area contributed by atoms with Crippen LogP contribution in [-0.2, 0) is 6.54 Å². The fourth-order valence-corrected chi connectivity index (χ4v) is 1.91. The molecule has 5 heteroatoms. The standard InChI is InChI=1S/C15H20FN3O/c1-10(2)7-17-9-15-18-8-13(19-15)11-4-5-14(20-3)12(16)6-11/h4-6,8,10,17H,7,9H2,1-3H3,(H,18,19). The van der Waals surface area contributed by atoms with E-state index in [4.69, 9.17) is 4.74 Å². The van der Waals surface area contributed by atoms with Gasteiger partial charge in [0, 0.05) is 5.56 Å². The lowest BCUT2D eigenvalue weighted by Gasteiger charge is -2.05. The summed E-state index contributed by atoms with van der Waals surface area (Å²) in [5.74, 6) is 1.31. The maximum absolute atomic E-state index is 13.7. The number of aromatic amines is 1. The van der Waals surface area contributed by atoms with Gasteiger partial charge in [0.2, 0.25) is 0 Å². The van der Waals surface area contributed by atoms with Gasteiger partial charge in [-0.05, 0) is 30.7 Å². The van der Waals surface area contributed by atoms with Crippen molar-refractivity contribution in [1.82, 2.24) is 15.3 Å². The van der Waals surface area contributed by atoms with E-state index in [0.717, 1.165) is 23.6 Å². The molecule has 0 saturated heterocycles. The molecule has 0 bridgehead atoms.